The average Bonchev–Trinajstić information content (AvgIpc) is 2.56. The number of aliphatic hydroxyl groups is 1. The van der Waals surface area contributed by atoms with Crippen LogP contribution in [0.15, 0.2) is 30.3 Å². The number of β-amino-alcohol motifs (C(OH)–C–C–N with tert-alkyl or cyclic N) is 1. The van der Waals surface area contributed by atoms with Crippen molar-refractivity contribution in [1.29, 1.82) is 0 Å². The molecule has 1 aromatic carbocycles. The molecule has 0 unspecified atom stereocenters. The lowest BCUT2D eigenvalue weighted by Gasteiger charge is -2.32. The Hall–Kier alpha value is -1.49. The summed E-state index contributed by atoms with van der Waals surface area (Å²) < 4.78 is 0. The van der Waals surface area contributed by atoms with Crippen LogP contribution in [0.1, 0.15) is 31.0 Å². The molecule has 4 heteroatoms. The van der Waals surface area contributed by atoms with Gasteiger partial charge in [-0.15, -0.1) is 0 Å². The molecule has 0 saturated carbocycles. The zero-order valence-electron chi connectivity index (χ0n) is 14.8. The molecule has 0 bridgehead atoms. The lowest BCUT2D eigenvalue weighted by molar-refractivity contribution is 0.0998. The van der Waals surface area contributed by atoms with Gasteiger partial charge in [0.15, 0.2) is 0 Å². The van der Waals surface area contributed by atoms with Crippen molar-refractivity contribution < 1.29 is 5.11 Å². The standard InChI is InChI=1S/C20H29N3O/c1-15-11-18(19-5-3-4-6-20(19)22-15)13-21-12-17-7-9-23(10-8-17)14-16(2)24/h3-6,11,16-17,21,24H,7-10,12-14H2,1-2H3/t16-/m0/s1. The van der Waals surface area contributed by atoms with Crippen LogP contribution < -0.4 is 5.32 Å². The Morgan fingerprint density at radius 3 is 2.79 bits per heavy atom. The second kappa shape index (κ2) is 8.06. The molecule has 3 rings (SSSR count). The molecule has 0 aliphatic carbocycles. The van der Waals surface area contributed by atoms with E-state index in [0.717, 1.165) is 49.9 Å². The Bertz CT molecular complexity index is 663. The van der Waals surface area contributed by atoms with Crippen molar-refractivity contribution in [2.24, 2.45) is 5.92 Å². The number of benzene rings is 1. The van der Waals surface area contributed by atoms with Gasteiger partial charge in [0.25, 0.3) is 0 Å². The highest BCUT2D eigenvalue weighted by atomic mass is 16.3. The lowest BCUT2D eigenvalue weighted by atomic mass is 9.96. The fourth-order valence-corrected chi connectivity index (χ4v) is 3.70. The van der Waals surface area contributed by atoms with Gasteiger partial charge in [-0.1, -0.05) is 18.2 Å². The van der Waals surface area contributed by atoms with Gasteiger partial charge in [0, 0.05) is 24.2 Å². The number of aliphatic hydroxyl groups excluding tert-OH is 1. The van der Waals surface area contributed by atoms with E-state index in [1.54, 1.807) is 0 Å². The molecule has 4 nitrogen and oxygen atoms in total. The number of likely N-dealkylation sites (tertiary alicyclic amines) is 1. The second-order valence-corrected chi connectivity index (χ2v) is 7.16. The minimum Gasteiger partial charge on any atom is -0.392 e. The zero-order chi connectivity index (χ0) is 16.9. The van der Waals surface area contributed by atoms with Crippen LogP contribution in [0.5, 0.6) is 0 Å². The SMILES string of the molecule is Cc1cc(CNCC2CCN(C[C@H](C)O)CC2)c2ccccc2n1. The van der Waals surface area contributed by atoms with Crippen molar-refractivity contribution in [2.75, 3.05) is 26.2 Å². The van der Waals surface area contributed by atoms with E-state index in [9.17, 15) is 5.11 Å². The van der Waals surface area contributed by atoms with Crippen LogP contribution in [0.2, 0.25) is 0 Å². The maximum atomic E-state index is 9.49. The van der Waals surface area contributed by atoms with Gasteiger partial charge in [0.05, 0.1) is 11.6 Å². The summed E-state index contributed by atoms with van der Waals surface area (Å²) in [6, 6.07) is 10.6. The summed E-state index contributed by atoms with van der Waals surface area (Å²) in [5.74, 6) is 0.740. The number of para-hydroxylation sites is 1. The van der Waals surface area contributed by atoms with Crippen molar-refractivity contribution in [1.82, 2.24) is 15.2 Å². The van der Waals surface area contributed by atoms with Crippen molar-refractivity contribution >= 4 is 10.9 Å². The van der Waals surface area contributed by atoms with Gasteiger partial charge in [0.1, 0.15) is 0 Å². The molecule has 2 aromatic rings. The molecule has 1 aliphatic heterocycles. The summed E-state index contributed by atoms with van der Waals surface area (Å²) in [7, 11) is 0. The van der Waals surface area contributed by atoms with E-state index in [1.165, 1.54) is 23.8 Å². The summed E-state index contributed by atoms with van der Waals surface area (Å²) in [5, 5.41) is 14.4. The maximum Gasteiger partial charge on any atom is 0.0708 e. The Balaban J connectivity index is 1.51. The maximum absolute atomic E-state index is 9.49. The van der Waals surface area contributed by atoms with Crippen molar-refractivity contribution in [3.8, 4) is 0 Å². The Morgan fingerprint density at radius 1 is 1.29 bits per heavy atom. The van der Waals surface area contributed by atoms with E-state index in [0.29, 0.717) is 0 Å². The molecule has 0 spiro atoms. The fourth-order valence-electron chi connectivity index (χ4n) is 3.70. The number of pyridine rings is 1. The first-order chi connectivity index (χ1) is 11.6. The van der Waals surface area contributed by atoms with Gasteiger partial charge in [-0.3, -0.25) is 4.98 Å². The smallest absolute Gasteiger partial charge is 0.0708 e. The first kappa shape index (κ1) is 17.3. The molecule has 1 aromatic heterocycles. The van der Waals surface area contributed by atoms with E-state index < -0.39 is 0 Å². The number of nitrogens with one attached hydrogen (secondary N) is 1. The third-order valence-corrected chi connectivity index (χ3v) is 4.91. The summed E-state index contributed by atoms with van der Waals surface area (Å²) >= 11 is 0. The van der Waals surface area contributed by atoms with E-state index >= 15 is 0 Å². The molecule has 2 N–H and O–H groups in total. The van der Waals surface area contributed by atoms with Gasteiger partial charge in [-0.25, -0.2) is 0 Å². The summed E-state index contributed by atoms with van der Waals surface area (Å²) in [4.78, 5) is 6.99. The largest absolute Gasteiger partial charge is 0.392 e. The summed E-state index contributed by atoms with van der Waals surface area (Å²) in [6.07, 6.45) is 2.22. The number of rotatable bonds is 6. The van der Waals surface area contributed by atoms with Crippen LogP contribution in [0.3, 0.4) is 0 Å². The van der Waals surface area contributed by atoms with E-state index in [-0.39, 0.29) is 6.10 Å². The zero-order valence-corrected chi connectivity index (χ0v) is 14.8. The number of fused-ring (bicyclic) bond motifs is 1. The number of aryl methyl sites for hydroxylation is 1. The van der Waals surface area contributed by atoms with Gasteiger partial charge in [-0.2, -0.15) is 0 Å². The van der Waals surface area contributed by atoms with Crippen LogP contribution in [0.25, 0.3) is 10.9 Å². The molecule has 130 valence electrons. The van der Waals surface area contributed by atoms with E-state index in [2.05, 4.69) is 46.4 Å². The molecule has 1 aliphatic rings. The normalized spacial score (nSPS) is 18.1. The fraction of sp³-hybridized carbons (Fsp3) is 0.550. The quantitative estimate of drug-likeness (QED) is 0.856. The number of hydrogen-bond acceptors (Lipinski definition) is 4. The van der Waals surface area contributed by atoms with Crippen molar-refractivity contribution in [2.45, 2.75) is 39.3 Å². The van der Waals surface area contributed by atoms with Crippen LogP contribution >= 0.6 is 0 Å². The van der Waals surface area contributed by atoms with Gasteiger partial charge in [0.2, 0.25) is 0 Å². The topological polar surface area (TPSA) is 48.4 Å². The minimum atomic E-state index is -0.220. The molecule has 1 saturated heterocycles. The van der Waals surface area contributed by atoms with Crippen LogP contribution in [0.4, 0.5) is 0 Å². The van der Waals surface area contributed by atoms with Gasteiger partial charge >= 0.3 is 0 Å². The second-order valence-electron chi connectivity index (χ2n) is 7.16. The van der Waals surface area contributed by atoms with Crippen molar-refractivity contribution in [3.63, 3.8) is 0 Å². The number of nitrogens with zero attached hydrogens (tertiary/aromatic N) is 2. The monoisotopic (exact) mass is 327 g/mol. The minimum absolute atomic E-state index is 0.220. The summed E-state index contributed by atoms with van der Waals surface area (Å²) in [6.45, 7) is 8.92. The lowest BCUT2D eigenvalue weighted by Crippen LogP contribution is -2.40. The number of hydrogen-bond donors (Lipinski definition) is 2. The highest BCUT2D eigenvalue weighted by molar-refractivity contribution is 5.82. The van der Waals surface area contributed by atoms with Crippen LogP contribution in [0, 0.1) is 12.8 Å². The molecular formula is C20H29N3O. The Morgan fingerprint density at radius 2 is 2.04 bits per heavy atom. The first-order valence-electron chi connectivity index (χ1n) is 9.08. The number of aromatic nitrogens is 1. The van der Waals surface area contributed by atoms with Crippen molar-refractivity contribution in [3.05, 3.63) is 41.6 Å². The molecule has 24 heavy (non-hydrogen) atoms. The third-order valence-electron chi connectivity index (χ3n) is 4.91. The Kier molecular flexibility index (Phi) is 5.82. The Labute approximate surface area is 144 Å². The predicted molar refractivity (Wildman–Crippen MR) is 99.0 cm³/mol. The third kappa shape index (κ3) is 4.53. The highest BCUT2D eigenvalue weighted by Crippen LogP contribution is 2.19. The van der Waals surface area contributed by atoms with Crippen LogP contribution in [-0.2, 0) is 6.54 Å². The van der Waals surface area contributed by atoms with Gasteiger partial charge in [-0.05, 0) is 69.9 Å². The molecule has 2 heterocycles. The summed E-state index contributed by atoms with van der Waals surface area (Å²) in [5.41, 5.74) is 3.50. The van der Waals surface area contributed by atoms with Crippen LogP contribution in [-0.4, -0.2) is 47.3 Å². The molecule has 0 radical (unpaired) electrons. The highest BCUT2D eigenvalue weighted by Gasteiger charge is 2.19. The molecule has 1 fully saturated rings. The van der Waals surface area contributed by atoms with E-state index in [1.807, 2.05) is 13.0 Å². The molecule has 1 atom stereocenters. The van der Waals surface area contributed by atoms with E-state index in [4.69, 9.17) is 0 Å². The molecular weight excluding hydrogens is 298 g/mol. The molecule has 0 amide bonds. The first-order valence-corrected chi connectivity index (χ1v) is 9.08. The predicted octanol–water partition coefficient (Wildman–Crippen LogP) is 2.73. The number of piperidine rings is 1. The average molecular weight is 327 g/mol. The van der Waals surface area contributed by atoms with Gasteiger partial charge < -0.3 is 15.3 Å².